The number of hydrogen-bond acceptors (Lipinski definition) is 9. The van der Waals surface area contributed by atoms with Crippen LogP contribution in [0.15, 0.2) is 6.20 Å². The first-order valence-corrected chi connectivity index (χ1v) is 5.85. The fraction of sp³-hybridized carbons (Fsp3) is 0.400. The summed E-state index contributed by atoms with van der Waals surface area (Å²) in [6, 6.07) is -1.22. The molecule has 1 atom stereocenters. The maximum atomic E-state index is 11.6. The standard InChI is InChI=1S/C10H11ClN4O6/c1-20-7(16)3-5(9(17)21-2)13-8-6(15(18)19)4-12-10(11)14-8/h4-5H,3H2,1-2H3,(H,12,13,14)/t5-/m0/s1. The Balaban J connectivity index is 3.07. The number of hydrogen-bond donors (Lipinski definition) is 1. The SMILES string of the molecule is COC(=O)C[C@H](Nc1nc(Cl)ncc1[N+](=O)[O-])C(=O)OC. The normalized spacial score (nSPS) is 11.4. The molecule has 114 valence electrons. The van der Waals surface area contributed by atoms with Crippen molar-refractivity contribution in [3.05, 3.63) is 21.6 Å². The third-order valence-electron chi connectivity index (χ3n) is 2.33. The van der Waals surface area contributed by atoms with Crippen molar-refractivity contribution in [3.8, 4) is 0 Å². The lowest BCUT2D eigenvalue weighted by atomic mass is 10.2. The summed E-state index contributed by atoms with van der Waals surface area (Å²) in [4.78, 5) is 40.1. The van der Waals surface area contributed by atoms with Crippen molar-refractivity contribution >= 4 is 35.0 Å². The summed E-state index contributed by atoms with van der Waals surface area (Å²) >= 11 is 5.56. The fourth-order valence-corrected chi connectivity index (χ4v) is 1.48. The third kappa shape index (κ3) is 4.53. The van der Waals surface area contributed by atoms with E-state index in [0.29, 0.717) is 0 Å². The minimum atomic E-state index is -1.22. The van der Waals surface area contributed by atoms with E-state index in [1.165, 1.54) is 0 Å². The summed E-state index contributed by atoms with van der Waals surface area (Å²) in [6.07, 6.45) is 0.478. The molecule has 0 aliphatic carbocycles. The van der Waals surface area contributed by atoms with E-state index < -0.39 is 35.0 Å². The number of ether oxygens (including phenoxy) is 2. The van der Waals surface area contributed by atoms with Crippen molar-refractivity contribution in [3.63, 3.8) is 0 Å². The molecule has 0 fully saturated rings. The lowest BCUT2D eigenvalue weighted by Crippen LogP contribution is -2.34. The van der Waals surface area contributed by atoms with Gasteiger partial charge in [-0.05, 0) is 11.6 Å². The number of anilines is 1. The Labute approximate surface area is 123 Å². The van der Waals surface area contributed by atoms with Gasteiger partial charge in [0.25, 0.3) is 0 Å². The zero-order valence-electron chi connectivity index (χ0n) is 11.0. The largest absolute Gasteiger partial charge is 0.469 e. The molecule has 1 rings (SSSR count). The Morgan fingerprint density at radius 1 is 1.48 bits per heavy atom. The minimum Gasteiger partial charge on any atom is -0.469 e. The predicted octanol–water partition coefficient (Wildman–Crippen LogP) is 0.555. The van der Waals surface area contributed by atoms with Crippen LogP contribution in [0, 0.1) is 10.1 Å². The molecule has 0 aromatic carbocycles. The van der Waals surface area contributed by atoms with Crippen molar-refractivity contribution in [1.29, 1.82) is 0 Å². The molecule has 0 saturated carbocycles. The molecular formula is C10H11ClN4O6. The average molecular weight is 319 g/mol. The van der Waals surface area contributed by atoms with Crippen molar-refractivity contribution < 1.29 is 24.0 Å². The average Bonchev–Trinajstić information content (AvgIpc) is 2.45. The number of esters is 2. The summed E-state index contributed by atoms with van der Waals surface area (Å²) in [5, 5.41) is 13.0. The molecular weight excluding hydrogens is 308 g/mol. The summed E-state index contributed by atoms with van der Waals surface area (Å²) in [5.41, 5.74) is -0.502. The highest BCUT2D eigenvalue weighted by Gasteiger charge is 2.27. The molecule has 1 N–H and O–H groups in total. The Bertz CT molecular complexity index is 566. The fourth-order valence-electron chi connectivity index (χ4n) is 1.34. The van der Waals surface area contributed by atoms with Crippen LogP contribution in [0.3, 0.4) is 0 Å². The summed E-state index contributed by atoms with van der Waals surface area (Å²) < 4.78 is 8.94. The van der Waals surface area contributed by atoms with Crippen LogP contribution in [-0.4, -0.2) is 47.1 Å². The molecule has 0 aliphatic heterocycles. The van der Waals surface area contributed by atoms with Crippen LogP contribution < -0.4 is 5.32 Å². The zero-order chi connectivity index (χ0) is 16.0. The number of nitrogens with one attached hydrogen (secondary N) is 1. The van der Waals surface area contributed by atoms with Gasteiger partial charge in [-0.1, -0.05) is 0 Å². The Kier molecular flexibility index (Phi) is 5.79. The van der Waals surface area contributed by atoms with Crippen molar-refractivity contribution in [2.75, 3.05) is 19.5 Å². The first kappa shape index (κ1) is 16.6. The van der Waals surface area contributed by atoms with Crippen LogP contribution in [0.25, 0.3) is 0 Å². The van der Waals surface area contributed by atoms with E-state index in [0.717, 1.165) is 20.4 Å². The van der Waals surface area contributed by atoms with Gasteiger partial charge in [0, 0.05) is 0 Å². The summed E-state index contributed by atoms with van der Waals surface area (Å²) in [7, 11) is 2.25. The first-order valence-electron chi connectivity index (χ1n) is 5.47. The highest BCUT2D eigenvalue weighted by molar-refractivity contribution is 6.28. The van der Waals surface area contributed by atoms with Crippen LogP contribution >= 0.6 is 11.6 Å². The second-order valence-electron chi connectivity index (χ2n) is 3.63. The molecule has 0 aliphatic rings. The Hall–Kier alpha value is -2.49. The molecule has 0 saturated heterocycles. The molecule has 1 aromatic heterocycles. The van der Waals surface area contributed by atoms with E-state index in [4.69, 9.17) is 11.6 Å². The third-order valence-corrected chi connectivity index (χ3v) is 2.51. The number of rotatable bonds is 6. The molecule has 10 nitrogen and oxygen atoms in total. The van der Waals surface area contributed by atoms with Crippen molar-refractivity contribution in [2.45, 2.75) is 12.5 Å². The van der Waals surface area contributed by atoms with Gasteiger partial charge in [-0.25, -0.2) is 9.78 Å². The van der Waals surface area contributed by atoms with Crippen molar-refractivity contribution in [1.82, 2.24) is 9.97 Å². The molecule has 0 spiro atoms. The van der Waals surface area contributed by atoms with Crippen LogP contribution in [0.1, 0.15) is 6.42 Å². The minimum absolute atomic E-state index is 0.259. The van der Waals surface area contributed by atoms with Gasteiger partial charge < -0.3 is 14.8 Å². The monoisotopic (exact) mass is 318 g/mol. The van der Waals surface area contributed by atoms with E-state index in [-0.39, 0.29) is 11.1 Å². The van der Waals surface area contributed by atoms with Crippen LogP contribution in [0.4, 0.5) is 11.5 Å². The molecule has 21 heavy (non-hydrogen) atoms. The Morgan fingerprint density at radius 3 is 2.67 bits per heavy atom. The first-order chi connectivity index (χ1) is 9.88. The number of nitro groups is 1. The van der Waals surface area contributed by atoms with E-state index in [1.54, 1.807) is 0 Å². The number of carbonyl (C=O) groups is 2. The van der Waals surface area contributed by atoms with E-state index >= 15 is 0 Å². The molecule has 0 radical (unpaired) electrons. The van der Waals surface area contributed by atoms with E-state index in [1.807, 2.05) is 0 Å². The number of carbonyl (C=O) groups excluding carboxylic acids is 2. The van der Waals surface area contributed by atoms with Crippen LogP contribution in [0.2, 0.25) is 5.28 Å². The number of nitrogens with zero attached hydrogens (tertiary/aromatic N) is 3. The summed E-state index contributed by atoms with van der Waals surface area (Å²) in [6.45, 7) is 0. The molecule has 0 amide bonds. The van der Waals surface area contributed by atoms with Gasteiger partial charge in [0.15, 0.2) is 0 Å². The van der Waals surface area contributed by atoms with Gasteiger partial charge >= 0.3 is 17.6 Å². The van der Waals surface area contributed by atoms with Crippen LogP contribution in [-0.2, 0) is 19.1 Å². The molecule has 1 aromatic rings. The molecule has 0 bridgehead atoms. The van der Waals surface area contributed by atoms with Crippen LogP contribution in [0.5, 0.6) is 0 Å². The predicted molar refractivity (Wildman–Crippen MR) is 69.8 cm³/mol. The van der Waals surface area contributed by atoms with Gasteiger partial charge in [-0.3, -0.25) is 14.9 Å². The van der Waals surface area contributed by atoms with Gasteiger partial charge in [0.1, 0.15) is 12.2 Å². The van der Waals surface area contributed by atoms with Gasteiger partial charge in [0.05, 0.1) is 25.6 Å². The number of aromatic nitrogens is 2. The smallest absolute Gasteiger partial charge is 0.329 e. The zero-order valence-corrected chi connectivity index (χ0v) is 11.8. The highest BCUT2D eigenvalue weighted by Crippen LogP contribution is 2.23. The topological polar surface area (TPSA) is 134 Å². The molecule has 11 heteroatoms. The second kappa shape index (κ2) is 7.33. The quantitative estimate of drug-likeness (QED) is 0.345. The van der Waals surface area contributed by atoms with Gasteiger partial charge in [0.2, 0.25) is 11.1 Å². The van der Waals surface area contributed by atoms with Crippen molar-refractivity contribution in [2.24, 2.45) is 0 Å². The number of halogens is 1. The van der Waals surface area contributed by atoms with Gasteiger partial charge in [-0.15, -0.1) is 0 Å². The van der Waals surface area contributed by atoms with E-state index in [9.17, 15) is 19.7 Å². The lowest BCUT2D eigenvalue weighted by molar-refractivity contribution is -0.384. The maximum Gasteiger partial charge on any atom is 0.329 e. The van der Waals surface area contributed by atoms with Gasteiger partial charge in [-0.2, -0.15) is 4.98 Å². The molecule has 0 unspecified atom stereocenters. The van der Waals surface area contributed by atoms with E-state index in [2.05, 4.69) is 24.8 Å². The summed E-state index contributed by atoms with van der Waals surface area (Å²) in [5.74, 6) is -1.83. The highest BCUT2D eigenvalue weighted by atomic mass is 35.5. The lowest BCUT2D eigenvalue weighted by Gasteiger charge is -2.15. The second-order valence-corrected chi connectivity index (χ2v) is 3.97. The molecule has 1 heterocycles. The number of methoxy groups -OCH3 is 2. The maximum absolute atomic E-state index is 11.6. The Morgan fingerprint density at radius 2 is 2.14 bits per heavy atom.